The molecule has 0 aliphatic carbocycles. The highest BCUT2D eigenvalue weighted by Crippen LogP contribution is 2.33. The monoisotopic (exact) mass is 359 g/mol. The lowest BCUT2D eigenvalue weighted by molar-refractivity contribution is -0.143. The fourth-order valence-corrected chi connectivity index (χ4v) is 4.17. The van der Waals surface area contributed by atoms with Crippen LogP contribution in [0.3, 0.4) is 0 Å². The normalized spacial score (nSPS) is 17.4. The van der Waals surface area contributed by atoms with Crippen molar-refractivity contribution in [2.75, 3.05) is 20.2 Å². The Morgan fingerprint density at radius 2 is 2.00 bits per heavy atom. The number of thiophene rings is 1. The number of rotatable bonds is 4. The minimum atomic E-state index is -0.821. The number of hydrogen-bond donors (Lipinski definition) is 1. The van der Waals surface area contributed by atoms with Crippen LogP contribution in [0.4, 0.5) is 0 Å². The van der Waals surface area contributed by atoms with Gasteiger partial charge in [-0.25, -0.2) is 0 Å². The Labute approximate surface area is 150 Å². The zero-order chi connectivity index (χ0) is 18.0. The number of piperidine rings is 1. The van der Waals surface area contributed by atoms with Gasteiger partial charge in [-0.1, -0.05) is 12.1 Å². The number of aliphatic carboxylic acids is 1. The molecule has 1 aromatic heterocycles. The first kappa shape index (κ1) is 17.5. The van der Waals surface area contributed by atoms with E-state index in [1.165, 1.54) is 11.3 Å². The summed E-state index contributed by atoms with van der Waals surface area (Å²) < 4.78 is 5.18. The first-order valence-electron chi connectivity index (χ1n) is 8.26. The van der Waals surface area contributed by atoms with Gasteiger partial charge in [0.05, 0.1) is 17.9 Å². The van der Waals surface area contributed by atoms with Crippen LogP contribution in [0.25, 0.3) is 11.1 Å². The Kier molecular flexibility index (Phi) is 5.08. The van der Waals surface area contributed by atoms with Gasteiger partial charge in [-0.05, 0) is 49.1 Å². The van der Waals surface area contributed by atoms with Crippen LogP contribution in [-0.2, 0) is 4.79 Å². The topological polar surface area (TPSA) is 66.8 Å². The van der Waals surface area contributed by atoms with E-state index >= 15 is 0 Å². The second-order valence-electron chi connectivity index (χ2n) is 6.24. The molecule has 132 valence electrons. The molecule has 0 radical (unpaired) electrons. The maximum atomic E-state index is 12.8. The summed E-state index contributed by atoms with van der Waals surface area (Å²) in [4.78, 5) is 27.4. The number of carboxylic acid groups (broad SMARTS) is 1. The van der Waals surface area contributed by atoms with E-state index in [-0.39, 0.29) is 5.91 Å². The number of benzene rings is 1. The van der Waals surface area contributed by atoms with Crippen molar-refractivity contribution >= 4 is 23.2 Å². The third-order valence-corrected chi connectivity index (χ3v) is 5.63. The number of carboxylic acids is 1. The van der Waals surface area contributed by atoms with E-state index in [2.05, 4.69) is 0 Å². The number of amides is 1. The van der Waals surface area contributed by atoms with Crippen LogP contribution in [0.5, 0.6) is 5.75 Å². The average Bonchev–Trinajstić information content (AvgIpc) is 3.03. The predicted molar refractivity (Wildman–Crippen MR) is 97.3 cm³/mol. The Morgan fingerprint density at radius 3 is 2.64 bits per heavy atom. The third-order valence-electron chi connectivity index (χ3n) is 4.59. The molecule has 1 amide bonds. The Balaban J connectivity index is 1.81. The highest BCUT2D eigenvalue weighted by Gasteiger charge is 2.29. The van der Waals surface area contributed by atoms with Crippen molar-refractivity contribution in [2.24, 2.45) is 5.92 Å². The summed E-state index contributed by atoms with van der Waals surface area (Å²) in [7, 11) is 1.63. The molecule has 1 N–H and O–H groups in total. The SMILES string of the molecule is COc1ccc(-c2cc(C(=O)N3CCCC(C(=O)O)C3)sc2C)cc1. The van der Waals surface area contributed by atoms with Crippen molar-refractivity contribution in [2.45, 2.75) is 19.8 Å². The predicted octanol–water partition coefficient (Wildman–Crippen LogP) is 3.67. The highest BCUT2D eigenvalue weighted by molar-refractivity contribution is 7.14. The summed E-state index contributed by atoms with van der Waals surface area (Å²) in [5.41, 5.74) is 2.07. The number of methoxy groups -OCH3 is 1. The minimum Gasteiger partial charge on any atom is -0.497 e. The van der Waals surface area contributed by atoms with Crippen LogP contribution in [0, 0.1) is 12.8 Å². The fourth-order valence-electron chi connectivity index (χ4n) is 3.16. The van der Waals surface area contributed by atoms with Crippen molar-refractivity contribution in [3.63, 3.8) is 0 Å². The molecule has 2 heterocycles. The van der Waals surface area contributed by atoms with Crippen LogP contribution >= 0.6 is 11.3 Å². The maximum absolute atomic E-state index is 12.8. The molecule has 2 aromatic rings. The Hall–Kier alpha value is -2.34. The van der Waals surface area contributed by atoms with E-state index in [0.29, 0.717) is 24.4 Å². The van der Waals surface area contributed by atoms with E-state index in [4.69, 9.17) is 4.74 Å². The van der Waals surface area contributed by atoms with E-state index in [1.807, 2.05) is 37.3 Å². The summed E-state index contributed by atoms with van der Waals surface area (Å²) >= 11 is 1.46. The average molecular weight is 359 g/mol. The molecule has 1 atom stereocenters. The Morgan fingerprint density at radius 1 is 1.28 bits per heavy atom. The lowest BCUT2D eigenvalue weighted by Crippen LogP contribution is -2.42. The smallest absolute Gasteiger partial charge is 0.308 e. The molecule has 1 aliphatic rings. The number of ether oxygens (including phenoxy) is 1. The van der Waals surface area contributed by atoms with E-state index in [9.17, 15) is 14.7 Å². The van der Waals surface area contributed by atoms with Gasteiger partial charge in [-0.3, -0.25) is 9.59 Å². The van der Waals surface area contributed by atoms with E-state index < -0.39 is 11.9 Å². The van der Waals surface area contributed by atoms with E-state index in [1.54, 1.807) is 12.0 Å². The first-order valence-corrected chi connectivity index (χ1v) is 9.08. The first-order chi connectivity index (χ1) is 12.0. The molecule has 0 bridgehead atoms. The second-order valence-corrected chi connectivity index (χ2v) is 7.49. The largest absolute Gasteiger partial charge is 0.497 e. The number of aryl methyl sites for hydroxylation is 1. The molecule has 0 spiro atoms. The van der Waals surface area contributed by atoms with Gasteiger partial charge in [0.15, 0.2) is 0 Å². The van der Waals surface area contributed by atoms with Crippen molar-refractivity contribution < 1.29 is 19.4 Å². The molecule has 5 nitrogen and oxygen atoms in total. The number of likely N-dealkylation sites (tertiary alicyclic amines) is 1. The van der Waals surface area contributed by atoms with Gasteiger partial charge >= 0.3 is 5.97 Å². The second kappa shape index (κ2) is 7.27. The third kappa shape index (κ3) is 3.69. The zero-order valence-corrected chi connectivity index (χ0v) is 15.1. The molecule has 1 aliphatic heterocycles. The quantitative estimate of drug-likeness (QED) is 0.904. The molecule has 1 saturated heterocycles. The van der Waals surface area contributed by atoms with Gasteiger partial charge in [-0.15, -0.1) is 11.3 Å². The zero-order valence-electron chi connectivity index (χ0n) is 14.3. The highest BCUT2D eigenvalue weighted by atomic mass is 32.1. The molecule has 6 heteroatoms. The molecule has 1 fully saturated rings. The fraction of sp³-hybridized carbons (Fsp3) is 0.368. The number of nitrogens with zero attached hydrogens (tertiary/aromatic N) is 1. The van der Waals surface area contributed by atoms with Crippen molar-refractivity contribution in [3.8, 4) is 16.9 Å². The van der Waals surface area contributed by atoms with Gasteiger partial charge in [-0.2, -0.15) is 0 Å². The maximum Gasteiger partial charge on any atom is 0.308 e. The number of hydrogen-bond acceptors (Lipinski definition) is 4. The van der Waals surface area contributed by atoms with Crippen LogP contribution in [0.2, 0.25) is 0 Å². The molecule has 1 unspecified atom stereocenters. The number of carbonyl (C=O) groups is 2. The van der Waals surface area contributed by atoms with Crippen molar-refractivity contribution in [1.82, 2.24) is 4.90 Å². The van der Waals surface area contributed by atoms with E-state index in [0.717, 1.165) is 28.2 Å². The van der Waals surface area contributed by atoms with Crippen LogP contribution in [-0.4, -0.2) is 42.1 Å². The van der Waals surface area contributed by atoms with Gasteiger partial charge < -0.3 is 14.7 Å². The molecule has 3 rings (SSSR count). The van der Waals surface area contributed by atoms with Gasteiger partial charge in [0.1, 0.15) is 5.75 Å². The summed E-state index contributed by atoms with van der Waals surface area (Å²) in [5, 5.41) is 9.20. The van der Waals surface area contributed by atoms with Crippen molar-refractivity contribution in [1.29, 1.82) is 0 Å². The lowest BCUT2D eigenvalue weighted by Gasteiger charge is -2.30. The van der Waals surface area contributed by atoms with Crippen LogP contribution in [0.1, 0.15) is 27.4 Å². The van der Waals surface area contributed by atoms with Gasteiger partial charge in [0.25, 0.3) is 5.91 Å². The van der Waals surface area contributed by atoms with Gasteiger partial charge in [0.2, 0.25) is 0 Å². The molecule has 25 heavy (non-hydrogen) atoms. The van der Waals surface area contributed by atoms with Crippen LogP contribution < -0.4 is 4.74 Å². The molecule has 0 saturated carbocycles. The summed E-state index contributed by atoms with van der Waals surface area (Å²) in [6, 6.07) is 9.66. The molecular weight excluding hydrogens is 338 g/mol. The lowest BCUT2D eigenvalue weighted by atomic mass is 9.98. The summed E-state index contributed by atoms with van der Waals surface area (Å²) in [6.07, 6.45) is 1.37. The summed E-state index contributed by atoms with van der Waals surface area (Å²) in [5.74, 6) is -0.557. The van der Waals surface area contributed by atoms with Crippen LogP contribution in [0.15, 0.2) is 30.3 Å². The molecule has 1 aromatic carbocycles. The standard InChI is InChI=1S/C19H21NO4S/c1-12-16(13-5-7-15(24-2)8-6-13)10-17(25-12)18(21)20-9-3-4-14(11-20)19(22)23/h5-8,10,14H,3-4,9,11H2,1-2H3,(H,22,23). The molecular formula is C19H21NO4S. The summed E-state index contributed by atoms with van der Waals surface area (Å²) in [6.45, 7) is 2.91. The number of carbonyl (C=O) groups excluding carboxylic acids is 1. The Bertz CT molecular complexity index is 781. The van der Waals surface area contributed by atoms with Crippen molar-refractivity contribution in [3.05, 3.63) is 40.1 Å². The minimum absolute atomic E-state index is 0.0705. The van der Waals surface area contributed by atoms with Gasteiger partial charge in [0, 0.05) is 18.0 Å².